The van der Waals surface area contributed by atoms with Crippen molar-refractivity contribution in [2.75, 3.05) is 54.1 Å². The highest BCUT2D eigenvalue weighted by atomic mass is 16.5. The summed E-state index contributed by atoms with van der Waals surface area (Å²) in [6.45, 7) is 4.77. The molecule has 2 aliphatic heterocycles. The first-order chi connectivity index (χ1) is 25.9. The van der Waals surface area contributed by atoms with E-state index in [1.807, 2.05) is 76.2 Å². The lowest BCUT2D eigenvalue weighted by Crippen LogP contribution is -2.43. The summed E-state index contributed by atoms with van der Waals surface area (Å²) in [5.41, 5.74) is 3.08. The Balaban J connectivity index is 1.00. The molecule has 2 aromatic heterocycles. The number of ether oxygens (including phenoxy) is 4. The third-order valence-electron chi connectivity index (χ3n) is 10.9. The predicted octanol–water partition coefficient (Wildman–Crippen LogP) is 6.53. The van der Waals surface area contributed by atoms with Crippen molar-refractivity contribution in [2.45, 2.75) is 50.8 Å². The zero-order valence-electron chi connectivity index (χ0n) is 30.8. The van der Waals surface area contributed by atoms with E-state index in [1.165, 1.54) is 0 Å². The number of aromatic nitrogens is 2. The van der Waals surface area contributed by atoms with Crippen LogP contribution in [0.2, 0.25) is 0 Å². The molecule has 1 atom stereocenters. The van der Waals surface area contributed by atoms with E-state index in [2.05, 4.69) is 17.0 Å². The zero-order valence-corrected chi connectivity index (χ0v) is 30.8. The molecule has 0 aliphatic carbocycles. The Morgan fingerprint density at radius 3 is 2.32 bits per heavy atom. The monoisotopic (exact) mass is 720 g/mol. The van der Waals surface area contributed by atoms with Crippen LogP contribution in [0.25, 0.3) is 11.0 Å². The van der Waals surface area contributed by atoms with Gasteiger partial charge in [-0.3, -0.25) is 9.59 Å². The topological polar surface area (TPSA) is 108 Å². The van der Waals surface area contributed by atoms with Gasteiger partial charge < -0.3 is 37.7 Å². The van der Waals surface area contributed by atoms with Crippen LogP contribution in [0, 0.1) is 5.92 Å². The lowest BCUT2D eigenvalue weighted by atomic mass is 9.76. The number of fused-ring (bicyclic) bond motifs is 1. The number of imidazole rings is 1. The number of carbonyl (C=O) groups excluding carboxylic acids is 2. The maximum atomic E-state index is 14.4. The van der Waals surface area contributed by atoms with Crippen LogP contribution < -0.4 is 14.2 Å². The molecule has 0 radical (unpaired) electrons. The number of likely N-dealkylation sites (tertiary alicyclic amines) is 2. The molecule has 278 valence electrons. The summed E-state index contributed by atoms with van der Waals surface area (Å²) in [5, 5.41) is 0. The minimum atomic E-state index is -0.627. The van der Waals surface area contributed by atoms with Crippen LogP contribution in [0.4, 0.5) is 0 Å². The molecule has 1 unspecified atom stereocenters. The minimum absolute atomic E-state index is 0.0843. The summed E-state index contributed by atoms with van der Waals surface area (Å²) in [7, 11) is 4.78. The van der Waals surface area contributed by atoms with Crippen molar-refractivity contribution in [1.82, 2.24) is 19.4 Å². The Hall–Kier alpha value is -5.13. The number of piperidine rings is 1. The van der Waals surface area contributed by atoms with Crippen LogP contribution in [0.15, 0.2) is 89.5 Å². The second-order valence-electron chi connectivity index (χ2n) is 13.9. The molecule has 11 nitrogen and oxygen atoms in total. The van der Waals surface area contributed by atoms with Gasteiger partial charge >= 0.3 is 0 Å². The number of amides is 1. The number of ketones is 1. The molecule has 2 saturated heterocycles. The van der Waals surface area contributed by atoms with E-state index >= 15 is 0 Å². The lowest BCUT2D eigenvalue weighted by molar-refractivity contribution is -0.133. The molecule has 2 aliphatic rings. The van der Waals surface area contributed by atoms with Gasteiger partial charge in [0.15, 0.2) is 17.3 Å². The highest BCUT2D eigenvalue weighted by Gasteiger charge is 2.48. The second-order valence-corrected chi connectivity index (χ2v) is 13.9. The fourth-order valence-corrected chi connectivity index (χ4v) is 8.00. The summed E-state index contributed by atoms with van der Waals surface area (Å²) < 4.78 is 29.9. The Morgan fingerprint density at radius 2 is 1.62 bits per heavy atom. The highest BCUT2D eigenvalue weighted by molar-refractivity contribution is 5.98. The van der Waals surface area contributed by atoms with Crippen molar-refractivity contribution in [3.8, 4) is 17.2 Å². The van der Waals surface area contributed by atoms with Crippen molar-refractivity contribution in [3.63, 3.8) is 0 Å². The van der Waals surface area contributed by atoms with E-state index in [9.17, 15) is 9.59 Å². The standard InChI is InChI=1S/C42H48N4O7/c1-49-36-26-30(27-37(50-2)39(36)51-3)28-45-22-18-42(41(45)48,32-10-5-4-6-11-32)17-21-44-19-15-31(16-20-44)38(47)40-43-34-13-7-8-14-35(34)46(40)23-25-52-29-33-12-9-24-53-33/h4-14,24,26-27,31H,15-23,25,28-29H2,1-3H3. The van der Waals surface area contributed by atoms with Crippen LogP contribution in [0.3, 0.4) is 0 Å². The van der Waals surface area contributed by atoms with Crippen LogP contribution in [0.5, 0.6) is 17.2 Å². The molecule has 53 heavy (non-hydrogen) atoms. The molecular weight excluding hydrogens is 672 g/mol. The van der Waals surface area contributed by atoms with Gasteiger partial charge in [-0.25, -0.2) is 4.98 Å². The third kappa shape index (κ3) is 7.54. The summed E-state index contributed by atoms with van der Waals surface area (Å²) in [6, 6.07) is 25.6. The number of hydrogen-bond donors (Lipinski definition) is 0. The highest BCUT2D eigenvalue weighted by Crippen LogP contribution is 2.42. The molecule has 7 rings (SSSR count). The fourth-order valence-electron chi connectivity index (χ4n) is 8.00. The summed E-state index contributed by atoms with van der Waals surface area (Å²) in [6.07, 6.45) is 4.56. The molecule has 11 heteroatoms. The van der Waals surface area contributed by atoms with Gasteiger partial charge in [0.1, 0.15) is 12.4 Å². The van der Waals surface area contributed by atoms with Crippen molar-refractivity contribution in [1.29, 1.82) is 0 Å². The first kappa shape index (κ1) is 36.2. The number of methoxy groups -OCH3 is 3. The average Bonchev–Trinajstić information content (AvgIpc) is 3.94. The van der Waals surface area contributed by atoms with E-state index < -0.39 is 5.41 Å². The van der Waals surface area contributed by atoms with Gasteiger partial charge in [0.05, 0.1) is 50.6 Å². The van der Waals surface area contributed by atoms with Gasteiger partial charge in [-0.2, -0.15) is 0 Å². The Morgan fingerprint density at radius 1 is 0.887 bits per heavy atom. The maximum Gasteiger partial charge on any atom is 0.233 e. The van der Waals surface area contributed by atoms with Gasteiger partial charge in [-0.15, -0.1) is 0 Å². The second kappa shape index (κ2) is 16.3. The molecule has 0 saturated carbocycles. The van der Waals surface area contributed by atoms with Gasteiger partial charge in [-0.1, -0.05) is 42.5 Å². The van der Waals surface area contributed by atoms with E-state index in [-0.39, 0.29) is 17.6 Å². The molecular formula is C42H48N4O7. The number of nitrogens with zero attached hydrogens (tertiary/aromatic N) is 4. The number of Topliss-reactive ketones (excluding diaryl/α,β-unsaturated/α-hetero) is 1. The molecule has 2 fully saturated rings. The van der Waals surface area contributed by atoms with Crippen LogP contribution in [0.1, 0.15) is 53.2 Å². The summed E-state index contributed by atoms with van der Waals surface area (Å²) in [5.74, 6) is 3.03. The van der Waals surface area contributed by atoms with Crippen molar-refractivity contribution < 1.29 is 33.0 Å². The number of rotatable bonds is 16. The largest absolute Gasteiger partial charge is 0.493 e. The van der Waals surface area contributed by atoms with Crippen LogP contribution in [-0.4, -0.2) is 85.2 Å². The zero-order chi connectivity index (χ0) is 36.8. The lowest BCUT2D eigenvalue weighted by Gasteiger charge is -2.35. The molecule has 1 amide bonds. The molecule has 5 aromatic rings. The summed E-state index contributed by atoms with van der Waals surface area (Å²) >= 11 is 0. The van der Waals surface area contributed by atoms with E-state index in [4.69, 9.17) is 28.3 Å². The maximum absolute atomic E-state index is 14.4. The van der Waals surface area contributed by atoms with Crippen molar-refractivity contribution >= 4 is 22.7 Å². The number of benzene rings is 3. The number of furan rings is 1. The van der Waals surface area contributed by atoms with Crippen LogP contribution >= 0.6 is 0 Å². The number of carbonyl (C=O) groups is 2. The molecule has 3 aromatic carbocycles. The minimum Gasteiger partial charge on any atom is -0.493 e. The number of para-hydroxylation sites is 2. The van der Waals surface area contributed by atoms with E-state index in [0.29, 0.717) is 62.3 Å². The smallest absolute Gasteiger partial charge is 0.233 e. The number of hydrogen-bond acceptors (Lipinski definition) is 9. The first-order valence-corrected chi connectivity index (χ1v) is 18.4. The van der Waals surface area contributed by atoms with Gasteiger partial charge in [0.2, 0.25) is 17.4 Å². The molecule has 0 N–H and O–H groups in total. The Bertz CT molecular complexity index is 1980. The molecule has 0 bridgehead atoms. The Kier molecular flexibility index (Phi) is 11.1. The SMILES string of the molecule is COc1cc(CN2CCC(CCN3CCC(C(=O)c4nc5ccccc5n4CCOCc4ccco4)CC3)(c3ccccc3)C2=O)cc(OC)c1OC. The van der Waals surface area contributed by atoms with Gasteiger partial charge in [-0.05, 0) is 92.8 Å². The Labute approximate surface area is 310 Å². The molecule has 0 spiro atoms. The van der Waals surface area contributed by atoms with Crippen molar-refractivity contribution in [3.05, 3.63) is 108 Å². The van der Waals surface area contributed by atoms with Gasteiger partial charge in [0, 0.05) is 25.6 Å². The predicted molar refractivity (Wildman–Crippen MR) is 200 cm³/mol. The molecule has 4 heterocycles. The van der Waals surface area contributed by atoms with Crippen molar-refractivity contribution in [2.24, 2.45) is 5.92 Å². The normalized spacial score (nSPS) is 18.2. The summed E-state index contributed by atoms with van der Waals surface area (Å²) in [4.78, 5) is 37.6. The quantitative estimate of drug-likeness (QED) is 0.0831. The van der Waals surface area contributed by atoms with E-state index in [1.54, 1.807) is 27.6 Å². The first-order valence-electron chi connectivity index (χ1n) is 18.4. The van der Waals surface area contributed by atoms with Crippen LogP contribution in [-0.2, 0) is 34.6 Å². The van der Waals surface area contributed by atoms with Gasteiger partial charge in [0.25, 0.3) is 0 Å². The fraction of sp³-hybridized carbons (Fsp3) is 0.405. The average molecular weight is 721 g/mol. The van der Waals surface area contributed by atoms with E-state index in [0.717, 1.165) is 66.8 Å². The third-order valence-corrected chi connectivity index (χ3v) is 10.9.